The minimum Gasteiger partial charge on any atom is -0.494 e. The van der Waals surface area contributed by atoms with Gasteiger partial charge in [0.15, 0.2) is 0 Å². The summed E-state index contributed by atoms with van der Waals surface area (Å²) in [5.41, 5.74) is 6.51. The summed E-state index contributed by atoms with van der Waals surface area (Å²) in [6.07, 6.45) is 3.18. The van der Waals surface area contributed by atoms with Gasteiger partial charge in [0.1, 0.15) is 11.6 Å². The number of rotatable bonds is 10. The first-order valence-electron chi connectivity index (χ1n) is 13.5. The molecule has 0 saturated carbocycles. The number of fused-ring (bicyclic) bond motifs is 1. The number of imidazole rings is 1. The minimum absolute atomic E-state index is 0.164. The summed E-state index contributed by atoms with van der Waals surface area (Å²) < 4.78 is 8.46. The van der Waals surface area contributed by atoms with Gasteiger partial charge in [-0.05, 0) is 71.6 Å². The fourth-order valence-electron chi connectivity index (χ4n) is 4.84. The van der Waals surface area contributed by atoms with Crippen molar-refractivity contribution in [2.75, 3.05) is 6.61 Å². The van der Waals surface area contributed by atoms with E-state index in [0.717, 1.165) is 49.5 Å². The molecule has 0 radical (unpaired) electrons. The molecule has 0 N–H and O–H groups in total. The Morgan fingerprint density at radius 1 is 0.833 bits per heavy atom. The van der Waals surface area contributed by atoms with E-state index in [0.29, 0.717) is 5.92 Å². The Morgan fingerprint density at radius 2 is 1.53 bits per heavy atom. The molecule has 0 fully saturated rings. The van der Waals surface area contributed by atoms with Crippen molar-refractivity contribution < 1.29 is 4.74 Å². The maximum Gasteiger partial charge on any atom is 0.119 e. The zero-order chi connectivity index (χ0) is 25.7. The summed E-state index contributed by atoms with van der Waals surface area (Å²) in [6, 6.07) is 26.2. The highest BCUT2D eigenvalue weighted by atomic mass is 16.5. The van der Waals surface area contributed by atoms with Crippen LogP contribution in [-0.2, 0) is 18.4 Å². The molecule has 0 bridgehead atoms. The Morgan fingerprint density at radius 3 is 2.19 bits per heavy atom. The van der Waals surface area contributed by atoms with Gasteiger partial charge in [0, 0.05) is 12.5 Å². The van der Waals surface area contributed by atoms with E-state index in [-0.39, 0.29) is 11.3 Å². The molecule has 36 heavy (non-hydrogen) atoms. The molecule has 3 aromatic carbocycles. The van der Waals surface area contributed by atoms with E-state index in [1.807, 2.05) is 0 Å². The molecule has 1 heterocycles. The third kappa shape index (κ3) is 6.37. The summed E-state index contributed by atoms with van der Waals surface area (Å²) in [7, 11) is 0. The second-order valence-electron chi connectivity index (χ2n) is 11.5. The zero-order valence-corrected chi connectivity index (χ0v) is 22.9. The summed E-state index contributed by atoms with van der Waals surface area (Å²) in [6.45, 7) is 15.2. The summed E-state index contributed by atoms with van der Waals surface area (Å²) >= 11 is 0. The molecule has 0 aliphatic carbocycles. The lowest BCUT2D eigenvalue weighted by Crippen LogP contribution is -2.11. The van der Waals surface area contributed by atoms with Crippen LogP contribution in [0.25, 0.3) is 11.0 Å². The Balaban J connectivity index is 1.41. The van der Waals surface area contributed by atoms with Crippen LogP contribution in [-0.4, -0.2) is 16.2 Å². The number of nitrogens with zero attached hydrogens (tertiary/aromatic N) is 2. The van der Waals surface area contributed by atoms with Gasteiger partial charge in [0.05, 0.1) is 17.6 Å². The fourth-order valence-corrected chi connectivity index (χ4v) is 4.84. The van der Waals surface area contributed by atoms with Crippen LogP contribution in [0.1, 0.15) is 82.8 Å². The van der Waals surface area contributed by atoms with E-state index in [4.69, 9.17) is 9.72 Å². The number of aromatic nitrogens is 2. The van der Waals surface area contributed by atoms with Crippen molar-refractivity contribution in [3.05, 3.63) is 95.3 Å². The smallest absolute Gasteiger partial charge is 0.119 e. The lowest BCUT2D eigenvalue weighted by molar-refractivity contribution is 0.303. The molecule has 0 aliphatic rings. The maximum atomic E-state index is 6.04. The molecule has 0 saturated heterocycles. The number of benzene rings is 3. The minimum atomic E-state index is 0.164. The second kappa shape index (κ2) is 11.3. The van der Waals surface area contributed by atoms with Gasteiger partial charge in [-0.15, -0.1) is 0 Å². The third-order valence-corrected chi connectivity index (χ3v) is 6.96. The van der Waals surface area contributed by atoms with Crippen LogP contribution in [0.5, 0.6) is 5.75 Å². The molecule has 1 aromatic heterocycles. The van der Waals surface area contributed by atoms with E-state index < -0.39 is 0 Å². The Kier molecular flexibility index (Phi) is 8.18. The van der Waals surface area contributed by atoms with Crippen molar-refractivity contribution in [3.8, 4) is 5.75 Å². The van der Waals surface area contributed by atoms with Crippen LogP contribution in [0.15, 0.2) is 72.8 Å². The van der Waals surface area contributed by atoms with E-state index in [1.54, 1.807) is 0 Å². The summed E-state index contributed by atoms with van der Waals surface area (Å²) in [5, 5.41) is 0. The quantitative estimate of drug-likeness (QED) is 0.212. The molecule has 190 valence electrons. The first-order chi connectivity index (χ1) is 17.2. The van der Waals surface area contributed by atoms with Crippen molar-refractivity contribution in [3.63, 3.8) is 0 Å². The normalized spacial score (nSPS) is 12.9. The van der Waals surface area contributed by atoms with Gasteiger partial charge < -0.3 is 9.30 Å². The SMILES string of the molecule is CC(C)Cc1ccc(C(C)c2nc3ccccc3n2CCCCOc2ccc(C(C)(C)C)cc2)cc1. The Hall–Kier alpha value is -3.07. The molecule has 4 aromatic rings. The number of para-hydroxylation sites is 2. The molecule has 0 spiro atoms. The monoisotopic (exact) mass is 482 g/mol. The number of hydrogen-bond acceptors (Lipinski definition) is 2. The molecule has 4 rings (SSSR count). The van der Waals surface area contributed by atoms with Gasteiger partial charge in [-0.25, -0.2) is 4.98 Å². The lowest BCUT2D eigenvalue weighted by Gasteiger charge is -2.19. The molecule has 1 atom stereocenters. The maximum absolute atomic E-state index is 6.04. The topological polar surface area (TPSA) is 27.1 Å². The highest BCUT2D eigenvalue weighted by Gasteiger charge is 2.18. The largest absolute Gasteiger partial charge is 0.494 e. The molecule has 3 heteroatoms. The Labute approximate surface area is 217 Å². The van der Waals surface area contributed by atoms with Gasteiger partial charge in [0.2, 0.25) is 0 Å². The number of hydrogen-bond donors (Lipinski definition) is 0. The van der Waals surface area contributed by atoms with Crippen LogP contribution in [0.4, 0.5) is 0 Å². The van der Waals surface area contributed by atoms with Gasteiger partial charge in [-0.2, -0.15) is 0 Å². The first-order valence-corrected chi connectivity index (χ1v) is 13.5. The highest BCUT2D eigenvalue weighted by molar-refractivity contribution is 5.76. The molecule has 1 unspecified atom stereocenters. The molecule has 0 amide bonds. The second-order valence-corrected chi connectivity index (χ2v) is 11.5. The standard InChI is InChI=1S/C33H42N2O/c1-24(2)23-26-13-15-27(16-14-26)25(3)32-34-30-11-7-8-12-31(30)35(32)21-9-10-22-36-29-19-17-28(18-20-29)33(4,5)6/h7-8,11-20,24-25H,9-10,21-23H2,1-6H3. The number of aryl methyl sites for hydroxylation is 1. The third-order valence-electron chi connectivity index (χ3n) is 6.96. The first kappa shape index (κ1) is 26.0. The number of unbranched alkanes of at least 4 members (excludes halogenated alkanes) is 1. The number of ether oxygens (including phenoxy) is 1. The Bertz CT molecular complexity index is 1240. The van der Waals surface area contributed by atoms with Crippen LogP contribution in [0, 0.1) is 5.92 Å². The van der Waals surface area contributed by atoms with E-state index >= 15 is 0 Å². The van der Waals surface area contributed by atoms with E-state index in [9.17, 15) is 0 Å². The van der Waals surface area contributed by atoms with Gasteiger partial charge in [-0.3, -0.25) is 0 Å². The van der Waals surface area contributed by atoms with E-state index in [1.165, 1.54) is 22.2 Å². The van der Waals surface area contributed by atoms with Crippen molar-refractivity contribution in [1.29, 1.82) is 0 Å². The van der Waals surface area contributed by atoms with Crippen LogP contribution < -0.4 is 4.74 Å². The van der Waals surface area contributed by atoms with Crippen LogP contribution in [0.3, 0.4) is 0 Å². The van der Waals surface area contributed by atoms with E-state index in [2.05, 4.69) is 119 Å². The molecule has 0 aliphatic heterocycles. The van der Waals surface area contributed by atoms with Crippen molar-refractivity contribution in [1.82, 2.24) is 9.55 Å². The predicted octanol–water partition coefficient (Wildman–Crippen LogP) is 8.54. The average Bonchev–Trinajstić information content (AvgIpc) is 3.22. The van der Waals surface area contributed by atoms with Gasteiger partial charge in [0.25, 0.3) is 0 Å². The average molecular weight is 483 g/mol. The molecule has 3 nitrogen and oxygen atoms in total. The highest BCUT2D eigenvalue weighted by Crippen LogP contribution is 2.29. The van der Waals surface area contributed by atoms with Crippen molar-refractivity contribution >= 4 is 11.0 Å². The van der Waals surface area contributed by atoms with Gasteiger partial charge >= 0.3 is 0 Å². The predicted molar refractivity (Wildman–Crippen MR) is 152 cm³/mol. The van der Waals surface area contributed by atoms with Gasteiger partial charge in [-0.1, -0.05) is 90.1 Å². The van der Waals surface area contributed by atoms with Crippen molar-refractivity contribution in [2.45, 2.75) is 78.7 Å². The zero-order valence-electron chi connectivity index (χ0n) is 22.9. The summed E-state index contributed by atoms with van der Waals surface area (Å²) in [4.78, 5) is 5.07. The van der Waals surface area contributed by atoms with Crippen LogP contribution in [0.2, 0.25) is 0 Å². The molecular weight excluding hydrogens is 440 g/mol. The fraction of sp³-hybridized carbons (Fsp3) is 0.424. The van der Waals surface area contributed by atoms with Crippen LogP contribution >= 0.6 is 0 Å². The summed E-state index contributed by atoms with van der Waals surface area (Å²) in [5.74, 6) is 3.00. The molecular formula is C33H42N2O. The van der Waals surface area contributed by atoms with Crippen molar-refractivity contribution in [2.24, 2.45) is 5.92 Å². The lowest BCUT2D eigenvalue weighted by atomic mass is 9.87.